The Bertz CT molecular complexity index is 1740. The first-order valence-electron chi connectivity index (χ1n) is 12.6. The van der Waals surface area contributed by atoms with Gasteiger partial charge >= 0.3 is 5.91 Å². The summed E-state index contributed by atoms with van der Waals surface area (Å²) in [6.07, 6.45) is 0.610. The molecule has 1 amide bonds. The molecule has 1 N–H and O–H groups in total. The predicted molar refractivity (Wildman–Crippen MR) is 149 cm³/mol. The number of carbonyl (C=O) groups excluding carboxylic acids is 2. The number of benzene rings is 3. The van der Waals surface area contributed by atoms with Gasteiger partial charge in [-0.05, 0) is 61.4 Å². The van der Waals surface area contributed by atoms with Crippen molar-refractivity contribution in [1.82, 2.24) is 4.98 Å². The lowest BCUT2D eigenvalue weighted by molar-refractivity contribution is -0.384. The molecule has 0 saturated carbocycles. The zero-order chi connectivity index (χ0) is 28.1. The lowest BCUT2D eigenvalue weighted by Gasteiger charge is -2.22. The fourth-order valence-electron chi connectivity index (χ4n) is 5.13. The lowest BCUT2D eigenvalue weighted by Crippen LogP contribution is -2.29. The van der Waals surface area contributed by atoms with Crippen LogP contribution in [-0.2, 0) is 16.0 Å². The van der Waals surface area contributed by atoms with E-state index in [4.69, 9.17) is 9.47 Å². The summed E-state index contributed by atoms with van der Waals surface area (Å²) in [4.78, 5) is 43.9. The van der Waals surface area contributed by atoms with Crippen LogP contribution in [0.4, 0.5) is 10.8 Å². The Kier molecular flexibility index (Phi) is 6.22. The highest BCUT2D eigenvalue weighted by molar-refractivity contribution is 7.22. The number of nitro benzene ring substituents is 1. The second-order valence-corrected chi connectivity index (χ2v) is 10.5. The summed E-state index contributed by atoms with van der Waals surface area (Å²) in [5, 5.41) is 23.3. The van der Waals surface area contributed by atoms with Gasteiger partial charge in [0.15, 0.2) is 5.13 Å². The molecule has 1 fully saturated rings. The standard InChI is InChI=1S/C29H23N3O7S/c1-3-38-20-8-9-21-23(14-20)40-29(30-21)31-25(16-5-4-6-19(13-16)32(36)37)24(27(34)28(31)35)26(33)17-7-10-22-18(12-17)11-15(2)39-22/h4-10,12-15,25,33H,3,11H2,1-2H3/b26-24+/t15-,25+/m1/s1. The first-order valence-corrected chi connectivity index (χ1v) is 13.5. The number of amides is 1. The number of hydrogen-bond donors (Lipinski definition) is 1. The zero-order valence-electron chi connectivity index (χ0n) is 21.5. The van der Waals surface area contributed by atoms with E-state index in [-0.39, 0.29) is 28.3 Å². The summed E-state index contributed by atoms with van der Waals surface area (Å²) in [6, 6.07) is 14.9. The Morgan fingerprint density at radius 2 is 2.02 bits per heavy atom. The monoisotopic (exact) mass is 557 g/mol. The first kappa shape index (κ1) is 25.5. The van der Waals surface area contributed by atoms with Crippen LogP contribution in [0.25, 0.3) is 16.0 Å². The van der Waals surface area contributed by atoms with E-state index < -0.39 is 22.7 Å². The number of ketones is 1. The number of non-ortho nitro benzene ring substituents is 1. The van der Waals surface area contributed by atoms with E-state index in [0.717, 1.165) is 10.3 Å². The van der Waals surface area contributed by atoms with Gasteiger partial charge in [0.1, 0.15) is 23.4 Å². The van der Waals surface area contributed by atoms with E-state index in [2.05, 4.69) is 4.98 Å². The van der Waals surface area contributed by atoms with Crippen molar-refractivity contribution < 1.29 is 29.1 Å². The molecule has 0 bridgehead atoms. The molecule has 202 valence electrons. The van der Waals surface area contributed by atoms with E-state index in [1.54, 1.807) is 42.5 Å². The highest BCUT2D eigenvalue weighted by Crippen LogP contribution is 2.45. The van der Waals surface area contributed by atoms with Crippen LogP contribution in [-0.4, -0.2) is 39.4 Å². The van der Waals surface area contributed by atoms with Gasteiger partial charge in [0, 0.05) is 24.1 Å². The summed E-state index contributed by atoms with van der Waals surface area (Å²) < 4.78 is 12.1. The van der Waals surface area contributed by atoms with Gasteiger partial charge in [-0.25, -0.2) is 4.98 Å². The number of aliphatic hydroxyl groups is 1. The third-order valence-corrected chi connectivity index (χ3v) is 7.89. The number of thiazole rings is 1. The number of aliphatic hydroxyl groups excluding tert-OH is 1. The maximum Gasteiger partial charge on any atom is 0.301 e. The molecule has 1 aromatic heterocycles. The molecular formula is C29H23N3O7S. The van der Waals surface area contributed by atoms with Gasteiger partial charge in [-0.1, -0.05) is 23.5 Å². The molecule has 2 aliphatic heterocycles. The molecule has 3 aromatic carbocycles. The molecule has 0 unspecified atom stereocenters. The molecule has 2 atom stereocenters. The van der Waals surface area contributed by atoms with E-state index in [1.165, 1.54) is 34.4 Å². The third kappa shape index (κ3) is 4.24. The predicted octanol–water partition coefficient (Wildman–Crippen LogP) is 5.55. The van der Waals surface area contributed by atoms with Crippen molar-refractivity contribution in [2.75, 3.05) is 11.5 Å². The minimum absolute atomic E-state index is 0.0230. The van der Waals surface area contributed by atoms with Crippen molar-refractivity contribution in [3.8, 4) is 11.5 Å². The number of fused-ring (bicyclic) bond motifs is 2. The van der Waals surface area contributed by atoms with Crippen molar-refractivity contribution in [2.24, 2.45) is 0 Å². The molecule has 1 saturated heterocycles. The highest BCUT2D eigenvalue weighted by Gasteiger charge is 2.48. The normalized spacial score (nSPS) is 19.6. The van der Waals surface area contributed by atoms with Gasteiger partial charge in [0.05, 0.1) is 33.4 Å². The fourth-order valence-corrected chi connectivity index (χ4v) is 6.15. The summed E-state index contributed by atoms with van der Waals surface area (Å²) in [6.45, 7) is 4.28. The van der Waals surface area contributed by atoms with Gasteiger partial charge in [-0.15, -0.1) is 0 Å². The van der Waals surface area contributed by atoms with Crippen molar-refractivity contribution in [2.45, 2.75) is 32.4 Å². The molecule has 6 rings (SSSR count). The Labute approximate surface area is 232 Å². The maximum atomic E-state index is 13.6. The van der Waals surface area contributed by atoms with Crippen LogP contribution < -0.4 is 14.4 Å². The quantitative estimate of drug-likeness (QED) is 0.107. The van der Waals surface area contributed by atoms with Crippen molar-refractivity contribution in [1.29, 1.82) is 0 Å². The van der Waals surface area contributed by atoms with E-state index in [0.29, 0.717) is 41.2 Å². The average molecular weight is 558 g/mol. The third-order valence-electron chi connectivity index (χ3n) is 6.88. The number of carbonyl (C=O) groups is 2. The molecular weight excluding hydrogens is 534 g/mol. The Morgan fingerprint density at radius 1 is 1.20 bits per heavy atom. The minimum atomic E-state index is -1.14. The van der Waals surface area contributed by atoms with Crippen molar-refractivity contribution in [3.63, 3.8) is 0 Å². The molecule has 0 radical (unpaired) electrons. The average Bonchev–Trinajstić information content (AvgIpc) is 3.60. The Hall–Kier alpha value is -4.77. The van der Waals surface area contributed by atoms with Crippen LogP contribution in [0.1, 0.15) is 36.6 Å². The van der Waals surface area contributed by atoms with Crippen LogP contribution in [0.2, 0.25) is 0 Å². The number of hydrogen-bond acceptors (Lipinski definition) is 9. The number of aromatic nitrogens is 1. The maximum absolute atomic E-state index is 13.6. The van der Waals surface area contributed by atoms with Crippen molar-refractivity contribution >= 4 is 49.8 Å². The number of nitrogens with zero attached hydrogens (tertiary/aromatic N) is 3. The molecule has 11 heteroatoms. The van der Waals surface area contributed by atoms with Gasteiger partial charge in [-0.2, -0.15) is 0 Å². The minimum Gasteiger partial charge on any atom is -0.507 e. The van der Waals surface area contributed by atoms with E-state index in [1.807, 2.05) is 13.8 Å². The second-order valence-electron chi connectivity index (χ2n) is 9.54. The molecule has 40 heavy (non-hydrogen) atoms. The fraction of sp³-hybridized carbons (Fsp3) is 0.207. The van der Waals surface area contributed by atoms with Gasteiger partial charge in [0.25, 0.3) is 11.5 Å². The zero-order valence-corrected chi connectivity index (χ0v) is 22.3. The number of anilines is 1. The Balaban J connectivity index is 1.53. The van der Waals surface area contributed by atoms with Crippen LogP contribution >= 0.6 is 11.3 Å². The lowest BCUT2D eigenvalue weighted by atomic mass is 9.94. The van der Waals surface area contributed by atoms with Crippen LogP contribution in [0, 0.1) is 10.1 Å². The second kappa shape index (κ2) is 9.76. The van der Waals surface area contributed by atoms with Crippen molar-refractivity contribution in [3.05, 3.63) is 93.0 Å². The van der Waals surface area contributed by atoms with Crippen LogP contribution in [0.3, 0.4) is 0 Å². The van der Waals surface area contributed by atoms with Gasteiger partial charge in [0.2, 0.25) is 0 Å². The SMILES string of the molecule is CCOc1ccc2nc(N3C(=O)C(=O)/C(=C(/O)c4ccc5c(c4)C[C@@H](C)O5)[C@@H]3c3cccc([N+](=O)[O-])c3)sc2c1. The number of rotatable bonds is 6. The summed E-state index contributed by atoms with van der Waals surface area (Å²) in [5.41, 5.74) is 1.71. The molecule has 4 aromatic rings. The van der Waals surface area contributed by atoms with Gasteiger partial charge < -0.3 is 14.6 Å². The first-order chi connectivity index (χ1) is 19.2. The number of Topliss-reactive ketones (excluding diaryl/α,β-unsaturated/α-hetero) is 1. The Morgan fingerprint density at radius 3 is 2.80 bits per heavy atom. The van der Waals surface area contributed by atoms with E-state index >= 15 is 0 Å². The summed E-state index contributed by atoms with van der Waals surface area (Å²) in [5.74, 6) is -0.842. The van der Waals surface area contributed by atoms with Crippen LogP contribution in [0.5, 0.6) is 11.5 Å². The molecule has 2 aliphatic rings. The highest BCUT2D eigenvalue weighted by atomic mass is 32.1. The van der Waals surface area contributed by atoms with E-state index in [9.17, 15) is 24.8 Å². The molecule has 0 spiro atoms. The molecule has 10 nitrogen and oxygen atoms in total. The largest absolute Gasteiger partial charge is 0.507 e. The van der Waals surface area contributed by atoms with Crippen LogP contribution in [0.15, 0.2) is 66.2 Å². The van der Waals surface area contributed by atoms with Gasteiger partial charge in [-0.3, -0.25) is 24.6 Å². The topological polar surface area (TPSA) is 132 Å². The summed E-state index contributed by atoms with van der Waals surface area (Å²) in [7, 11) is 0. The summed E-state index contributed by atoms with van der Waals surface area (Å²) >= 11 is 1.18. The number of nitro groups is 1. The smallest absolute Gasteiger partial charge is 0.301 e. The molecule has 0 aliphatic carbocycles. The molecule has 3 heterocycles. The number of ether oxygens (including phenoxy) is 2.